The van der Waals surface area contributed by atoms with E-state index in [0.717, 1.165) is 31.0 Å². The minimum Gasteiger partial charge on any atom is -0.326 e. The van der Waals surface area contributed by atoms with Crippen molar-refractivity contribution in [2.75, 3.05) is 6.54 Å². The number of H-pyrrole nitrogens is 1. The zero-order chi connectivity index (χ0) is 13.2. The molecule has 0 bridgehead atoms. The van der Waals surface area contributed by atoms with Gasteiger partial charge >= 0.3 is 0 Å². The van der Waals surface area contributed by atoms with Crippen LogP contribution in [0.4, 0.5) is 0 Å². The number of aromatic amines is 1. The van der Waals surface area contributed by atoms with E-state index in [1.807, 2.05) is 0 Å². The molecule has 0 atom stereocenters. The molecule has 1 aromatic heterocycles. The number of hydrogen-bond donors (Lipinski definition) is 2. The van der Waals surface area contributed by atoms with Crippen LogP contribution in [0.25, 0.3) is 0 Å². The Hall–Kier alpha value is -0.850. The largest absolute Gasteiger partial charge is 0.326 e. The predicted molar refractivity (Wildman–Crippen MR) is 69.2 cm³/mol. The first-order chi connectivity index (χ1) is 8.49. The Labute approximate surface area is 111 Å². The molecule has 2 rings (SSSR count). The second-order valence-corrected chi connectivity index (χ2v) is 6.67. The highest BCUT2D eigenvalue weighted by atomic mass is 35.5. The number of nitrogens with one attached hydrogen (secondary N) is 2. The minimum absolute atomic E-state index is 0.0153. The molecule has 2 N–H and O–H groups in total. The maximum absolute atomic E-state index is 11.9. The molecule has 100 valence electrons. The summed E-state index contributed by atoms with van der Waals surface area (Å²) >= 11 is 5.60. The van der Waals surface area contributed by atoms with Crippen LogP contribution in [0, 0.1) is 5.92 Å². The fourth-order valence-electron chi connectivity index (χ4n) is 1.68. The van der Waals surface area contributed by atoms with Crippen LogP contribution in [0.1, 0.15) is 25.7 Å². The van der Waals surface area contributed by atoms with E-state index < -0.39 is 15.6 Å². The average Bonchev–Trinajstić information content (AvgIpc) is 3.12. The zero-order valence-electron chi connectivity index (χ0n) is 9.78. The molecule has 1 heterocycles. The summed E-state index contributed by atoms with van der Waals surface area (Å²) in [6.45, 7) is 0.412. The maximum atomic E-state index is 11.9. The summed E-state index contributed by atoms with van der Waals surface area (Å²) < 4.78 is 26.2. The van der Waals surface area contributed by atoms with Crippen LogP contribution >= 0.6 is 11.6 Å². The van der Waals surface area contributed by atoms with Crippen LogP contribution in [0.3, 0.4) is 0 Å². The Morgan fingerprint density at radius 2 is 2.17 bits per heavy atom. The lowest BCUT2D eigenvalue weighted by molar-refractivity contribution is 0.572. The van der Waals surface area contributed by atoms with Gasteiger partial charge in [-0.05, 0) is 24.8 Å². The van der Waals surface area contributed by atoms with Crippen molar-refractivity contribution in [2.45, 2.75) is 30.6 Å². The molecule has 0 aliphatic heterocycles. The molecule has 1 aliphatic carbocycles. The van der Waals surface area contributed by atoms with Crippen molar-refractivity contribution < 1.29 is 8.42 Å². The van der Waals surface area contributed by atoms with Crippen LogP contribution in [0.2, 0.25) is 5.02 Å². The first kappa shape index (κ1) is 13.6. The second-order valence-electron chi connectivity index (χ2n) is 4.50. The van der Waals surface area contributed by atoms with Crippen LogP contribution in [-0.2, 0) is 10.0 Å². The lowest BCUT2D eigenvalue weighted by Gasteiger charge is -2.06. The van der Waals surface area contributed by atoms with Gasteiger partial charge in [0.05, 0.1) is 4.90 Å². The second kappa shape index (κ2) is 5.42. The van der Waals surface area contributed by atoms with E-state index in [1.165, 1.54) is 12.8 Å². The highest BCUT2D eigenvalue weighted by Crippen LogP contribution is 2.33. The van der Waals surface area contributed by atoms with Crippen molar-refractivity contribution in [1.29, 1.82) is 0 Å². The third-order valence-electron chi connectivity index (χ3n) is 2.92. The first-order valence-corrected chi connectivity index (χ1v) is 7.73. The fraction of sp³-hybridized carbons (Fsp3) is 0.545. The van der Waals surface area contributed by atoms with Gasteiger partial charge in [0.25, 0.3) is 5.56 Å². The van der Waals surface area contributed by atoms with Crippen molar-refractivity contribution in [3.05, 3.63) is 27.6 Å². The van der Waals surface area contributed by atoms with Crippen LogP contribution < -0.4 is 10.3 Å². The highest BCUT2D eigenvalue weighted by molar-refractivity contribution is 7.89. The molecule has 0 unspecified atom stereocenters. The van der Waals surface area contributed by atoms with E-state index in [1.54, 1.807) is 0 Å². The Morgan fingerprint density at radius 1 is 1.44 bits per heavy atom. The van der Waals surface area contributed by atoms with Crippen molar-refractivity contribution in [2.24, 2.45) is 5.92 Å². The van der Waals surface area contributed by atoms with Gasteiger partial charge in [0.1, 0.15) is 5.02 Å². The number of halogens is 1. The molecule has 1 aliphatic rings. The van der Waals surface area contributed by atoms with E-state index in [9.17, 15) is 13.2 Å². The van der Waals surface area contributed by atoms with Gasteiger partial charge in [-0.2, -0.15) is 0 Å². The molecule has 0 radical (unpaired) electrons. The van der Waals surface area contributed by atoms with Crippen LogP contribution in [0.5, 0.6) is 0 Å². The third-order valence-corrected chi connectivity index (χ3v) is 4.64. The number of sulfonamides is 1. The fourth-order valence-corrected chi connectivity index (χ4v) is 2.98. The molecule has 1 saturated carbocycles. The lowest BCUT2D eigenvalue weighted by atomic mass is 10.2. The van der Waals surface area contributed by atoms with E-state index in [4.69, 9.17) is 11.6 Å². The Bertz CT molecular complexity index is 578. The summed E-state index contributed by atoms with van der Waals surface area (Å²) in [6.07, 6.45) is 5.58. The van der Waals surface area contributed by atoms with Gasteiger partial charge < -0.3 is 4.98 Å². The summed E-state index contributed by atoms with van der Waals surface area (Å²) in [5, 5.41) is -0.129. The topological polar surface area (TPSA) is 79.0 Å². The van der Waals surface area contributed by atoms with E-state index in [0.29, 0.717) is 6.54 Å². The number of hydrogen-bond acceptors (Lipinski definition) is 3. The summed E-state index contributed by atoms with van der Waals surface area (Å²) in [5.41, 5.74) is -0.496. The van der Waals surface area contributed by atoms with Gasteiger partial charge in [-0.25, -0.2) is 13.1 Å². The molecule has 1 fully saturated rings. The molecular weight excluding hydrogens is 276 g/mol. The first-order valence-electron chi connectivity index (χ1n) is 5.87. The quantitative estimate of drug-likeness (QED) is 0.779. The number of rotatable bonds is 6. The number of aromatic nitrogens is 1. The summed E-state index contributed by atoms with van der Waals surface area (Å²) in [7, 11) is -3.58. The smallest absolute Gasteiger partial charge is 0.266 e. The monoisotopic (exact) mass is 290 g/mol. The van der Waals surface area contributed by atoms with Gasteiger partial charge in [-0.15, -0.1) is 0 Å². The molecule has 0 amide bonds. The van der Waals surface area contributed by atoms with Gasteiger partial charge in [-0.1, -0.05) is 24.4 Å². The van der Waals surface area contributed by atoms with Gasteiger partial charge in [0.15, 0.2) is 0 Å². The molecule has 0 saturated heterocycles. The maximum Gasteiger partial charge on any atom is 0.266 e. The summed E-state index contributed by atoms with van der Waals surface area (Å²) in [4.78, 5) is 13.3. The van der Waals surface area contributed by atoms with Crippen molar-refractivity contribution in [3.63, 3.8) is 0 Å². The van der Waals surface area contributed by atoms with Crippen molar-refractivity contribution in [1.82, 2.24) is 9.71 Å². The lowest BCUT2D eigenvalue weighted by Crippen LogP contribution is -2.25. The Kier molecular flexibility index (Phi) is 4.09. The molecule has 5 nitrogen and oxygen atoms in total. The number of pyridine rings is 1. The molecular formula is C11H15ClN2O3S. The Balaban J connectivity index is 1.95. The average molecular weight is 291 g/mol. The molecule has 18 heavy (non-hydrogen) atoms. The predicted octanol–water partition coefficient (Wildman–Crippen LogP) is 1.50. The molecule has 0 aromatic carbocycles. The zero-order valence-corrected chi connectivity index (χ0v) is 11.4. The van der Waals surface area contributed by atoms with E-state index >= 15 is 0 Å². The third kappa shape index (κ3) is 3.57. The summed E-state index contributed by atoms with van der Waals surface area (Å²) in [6, 6.07) is 1.16. The molecule has 1 aromatic rings. The normalized spacial score (nSPS) is 15.8. The van der Waals surface area contributed by atoms with Gasteiger partial charge in [-0.3, -0.25) is 4.79 Å². The van der Waals surface area contributed by atoms with E-state index in [-0.39, 0.29) is 9.92 Å². The SMILES string of the molecule is O=c1[nH]cc(S(=O)(=O)NCCCC2CC2)cc1Cl. The van der Waals surface area contributed by atoms with Crippen molar-refractivity contribution in [3.8, 4) is 0 Å². The van der Waals surface area contributed by atoms with Crippen molar-refractivity contribution >= 4 is 21.6 Å². The Morgan fingerprint density at radius 3 is 2.78 bits per heavy atom. The van der Waals surface area contributed by atoms with Gasteiger partial charge in [0, 0.05) is 12.7 Å². The van der Waals surface area contributed by atoms with Gasteiger partial charge in [0.2, 0.25) is 10.0 Å². The minimum atomic E-state index is -3.58. The molecule has 7 heteroatoms. The standard InChI is InChI=1S/C11H15ClN2O3S/c12-10-6-9(7-13-11(10)15)18(16,17)14-5-1-2-8-3-4-8/h6-8,14H,1-5H2,(H,13,15). The summed E-state index contributed by atoms with van der Waals surface area (Å²) in [5.74, 6) is 0.789. The highest BCUT2D eigenvalue weighted by Gasteiger charge is 2.21. The van der Waals surface area contributed by atoms with E-state index in [2.05, 4.69) is 9.71 Å². The van der Waals surface area contributed by atoms with Crippen LogP contribution in [0.15, 0.2) is 22.0 Å². The molecule has 0 spiro atoms. The van der Waals surface area contributed by atoms with Crippen LogP contribution in [-0.4, -0.2) is 19.9 Å².